The normalized spacial score (nSPS) is 10.4. The Labute approximate surface area is 220 Å². The molecule has 0 aromatic heterocycles. The highest BCUT2D eigenvalue weighted by molar-refractivity contribution is 6.39. The summed E-state index contributed by atoms with van der Waals surface area (Å²) in [5.74, 6) is -0.821. The Morgan fingerprint density at radius 1 is 0.895 bits per heavy atom. The number of carbonyl (C=O) groups is 3. The Kier molecular flexibility index (Phi) is 10.00. The molecule has 10 heteroatoms. The summed E-state index contributed by atoms with van der Waals surface area (Å²) in [6.07, 6.45) is 2.96. The van der Waals surface area contributed by atoms with Crippen LogP contribution in [0.25, 0.3) is 0 Å². The van der Waals surface area contributed by atoms with Crippen LogP contribution in [0.2, 0.25) is 0 Å². The molecule has 0 saturated heterocycles. The monoisotopic (exact) mass is 516 g/mol. The highest BCUT2D eigenvalue weighted by Crippen LogP contribution is 2.27. The van der Waals surface area contributed by atoms with Gasteiger partial charge >= 0.3 is 11.8 Å². The molecule has 3 amide bonds. The van der Waals surface area contributed by atoms with E-state index < -0.39 is 11.8 Å². The molecule has 0 spiro atoms. The van der Waals surface area contributed by atoms with Gasteiger partial charge in [-0.2, -0.15) is 5.10 Å². The molecule has 10 nitrogen and oxygen atoms in total. The first kappa shape index (κ1) is 27.5. The van der Waals surface area contributed by atoms with E-state index in [1.165, 1.54) is 13.3 Å². The second-order valence-corrected chi connectivity index (χ2v) is 7.89. The molecule has 0 aliphatic rings. The molecule has 0 bridgehead atoms. The molecule has 196 valence electrons. The summed E-state index contributed by atoms with van der Waals surface area (Å²) in [5, 5.41) is 9.05. The zero-order chi connectivity index (χ0) is 27.3. The van der Waals surface area contributed by atoms with E-state index in [4.69, 9.17) is 14.2 Å². The number of ether oxygens (including phenoxy) is 3. The van der Waals surface area contributed by atoms with Gasteiger partial charge in [0.2, 0.25) is 0 Å². The van der Waals surface area contributed by atoms with Crippen LogP contribution in [0.1, 0.15) is 11.1 Å². The molecule has 0 aliphatic carbocycles. The highest BCUT2D eigenvalue weighted by Gasteiger charge is 2.13. The number of nitrogens with zero attached hydrogens (tertiary/aromatic N) is 1. The minimum absolute atomic E-state index is 0.215. The SMILES string of the molecule is C=CCOc1ccc(NC(=O)C(=O)N/N=C\c2ccc(OCC(=O)Nc3cccc(C)c3)c(OC)c2)cc1. The molecule has 0 radical (unpaired) electrons. The third kappa shape index (κ3) is 8.52. The summed E-state index contributed by atoms with van der Waals surface area (Å²) in [5.41, 5.74) is 4.86. The van der Waals surface area contributed by atoms with Gasteiger partial charge in [0, 0.05) is 11.4 Å². The smallest absolute Gasteiger partial charge is 0.329 e. The molecular weight excluding hydrogens is 488 g/mol. The minimum atomic E-state index is -0.945. The third-order valence-corrected chi connectivity index (χ3v) is 4.91. The van der Waals surface area contributed by atoms with Crippen LogP contribution in [-0.2, 0) is 14.4 Å². The molecule has 3 N–H and O–H groups in total. The van der Waals surface area contributed by atoms with Crippen molar-refractivity contribution >= 4 is 35.3 Å². The largest absolute Gasteiger partial charge is 0.493 e. The average molecular weight is 517 g/mol. The molecule has 0 heterocycles. The molecule has 0 saturated carbocycles. The van der Waals surface area contributed by atoms with Gasteiger partial charge in [-0.3, -0.25) is 14.4 Å². The first-order valence-corrected chi connectivity index (χ1v) is 11.5. The number of anilines is 2. The Morgan fingerprint density at radius 2 is 1.68 bits per heavy atom. The van der Waals surface area contributed by atoms with Crippen molar-refractivity contribution in [3.63, 3.8) is 0 Å². The lowest BCUT2D eigenvalue weighted by Gasteiger charge is -2.11. The van der Waals surface area contributed by atoms with E-state index in [9.17, 15) is 14.4 Å². The van der Waals surface area contributed by atoms with Gasteiger partial charge in [0.05, 0.1) is 13.3 Å². The van der Waals surface area contributed by atoms with E-state index in [2.05, 4.69) is 27.7 Å². The van der Waals surface area contributed by atoms with Crippen LogP contribution in [-0.4, -0.2) is 44.3 Å². The van der Waals surface area contributed by atoms with Crippen molar-refractivity contribution in [1.29, 1.82) is 0 Å². The molecule has 3 rings (SSSR count). The number of hydrazone groups is 1. The molecule has 38 heavy (non-hydrogen) atoms. The number of amides is 3. The third-order valence-electron chi connectivity index (χ3n) is 4.91. The molecule has 3 aromatic rings. The fourth-order valence-corrected chi connectivity index (χ4v) is 3.14. The molecular formula is C28H28N4O6. The van der Waals surface area contributed by atoms with Gasteiger partial charge < -0.3 is 24.8 Å². The number of nitrogens with one attached hydrogen (secondary N) is 3. The van der Waals surface area contributed by atoms with Crippen LogP contribution in [0.5, 0.6) is 17.2 Å². The Morgan fingerprint density at radius 3 is 2.39 bits per heavy atom. The van der Waals surface area contributed by atoms with Gasteiger partial charge in [-0.05, 0) is 72.6 Å². The van der Waals surface area contributed by atoms with E-state index in [-0.39, 0.29) is 12.5 Å². The van der Waals surface area contributed by atoms with Gasteiger partial charge in [-0.1, -0.05) is 24.8 Å². The van der Waals surface area contributed by atoms with Gasteiger partial charge in [0.1, 0.15) is 12.4 Å². The summed E-state index contributed by atoms with van der Waals surface area (Å²) in [6, 6.07) is 18.8. The predicted molar refractivity (Wildman–Crippen MR) is 145 cm³/mol. The summed E-state index contributed by atoms with van der Waals surface area (Å²) < 4.78 is 16.3. The van der Waals surface area contributed by atoms with Crippen LogP contribution in [0.4, 0.5) is 11.4 Å². The Balaban J connectivity index is 1.49. The summed E-state index contributed by atoms with van der Waals surface area (Å²) >= 11 is 0. The van der Waals surface area contributed by atoms with Crippen molar-refractivity contribution in [2.45, 2.75) is 6.92 Å². The predicted octanol–water partition coefficient (Wildman–Crippen LogP) is 3.67. The molecule has 0 unspecified atom stereocenters. The van der Waals surface area contributed by atoms with Crippen LogP contribution in [0.15, 0.2) is 84.5 Å². The lowest BCUT2D eigenvalue weighted by molar-refractivity contribution is -0.136. The second-order valence-electron chi connectivity index (χ2n) is 7.89. The van der Waals surface area contributed by atoms with E-state index in [1.54, 1.807) is 54.6 Å². The highest BCUT2D eigenvalue weighted by atomic mass is 16.5. The first-order valence-electron chi connectivity index (χ1n) is 11.5. The fourth-order valence-electron chi connectivity index (χ4n) is 3.14. The maximum absolute atomic E-state index is 12.2. The molecule has 0 aliphatic heterocycles. The van der Waals surface area contributed by atoms with Crippen molar-refractivity contribution in [1.82, 2.24) is 5.43 Å². The van der Waals surface area contributed by atoms with E-state index in [0.717, 1.165) is 5.56 Å². The van der Waals surface area contributed by atoms with Crippen molar-refractivity contribution in [3.8, 4) is 17.2 Å². The average Bonchev–Trinajstić information content (AvgIpc) is 2.91. The van der Waals surface area contributed by atoms with Gasteiger partial charge in [-0.15, -0.1) is 0 Å². The zero-order valence-electron chi connectivity index (χ0n) is 21.0. The van der Waals surface area contributed by atoms with Gasteiger partial charge in [-0.25, -0.2) is 5.43 Å². The number of benzene rings is 3. The number of methoxy groups -OCH3 is 1. The maximum atomic E-state index is 12.2. The Hall–Kier alpha value is -5.12. The van der Waals surface area contributed by atoms with Gasteiger partial charge in [0.25, 0.3) is 5.91 Å². The van der Waals surface area contributed by atoms with Crippen molar-refractivity contribution in [3.05, 3.63) is 90.5 Å². The molecule has 0 fully saturated rings. The first-order chi connectivity index (χ1) is 18.4. The molecule has 3 aromatic carbocycles. The molecule has 0 atom stereocenters. The van der Waals surface area contributed by atoms with Crippen LogP contribution in [0, 0.1) is 6.92 Å². The Bertz CT molecular complexity index is 1320. The van der Waals surface area contributed by atoms with Crippen LogP contribution < -0.4 is 30.3 Å². The minimum Gasteiger partial charge on any atom is -0.493 e. The van der Waals surface area contributed by atoms with Crippen molar-refractivity contribution in [2.24, 2.45) is 5.10 Å². The van der Waals surface area contributed by atoms with Crippen LogP contribution in [0.3, 0.4) is 0 Å². The quantitative estimate of drug-likeness (QED) is 0.154. The van der Waals surface area contributed by atoms with E-state index in [1.807, 2.05) is 25.1 Å². The maximum Gasteiger partial charge on any atom is 0.329 e. The topological polar surface area (TPSA) is 127 Å². The van der Waals surface area contributed by atoms with E-state index >= 15 is 0 Å². The van der Waals surface area contributed by atoms with Crippen molar-refractivity contribution in [2.75, 3.05) is 31.0 Å². The van der Waals surface area contributed by atoms with Crippen molar-refractivity contribution < 1.29 is 28.6 Å². The van der Waals surface area contributed by atoms with E-state index in [0.29, 0.717) is 40.8 Å². The summed E-state index contributed by atoms with van der Waals surface area (Å²) in [4.78, 5) is 36.4. The standard InChI is InChI=1S/C28H28N4O6/c1-4-14-37-23-11-9-21(10-12-23)31-27(34)28(35)32-29-17-20-8-13-24(25(16-20)36-3)38-18-26(33)30-22-7-5-6-19(2)15-22/h4-13,15-17H,1,14,18H2,2-3H3,(H,30,33)(H,31,34)(H,32,35)/b29-17-. The second kappa shape index (κ2) is 13.8. The lowest BCUT2D eigenvalue weighted by atomic mass is 10.2. The zero-order valence-corrected chi connectivity index (χ0v) is 21.0. The summed E-state index contributed by atoms with van der Waals surface area (Å²) in [6.45, 7) is 5.65. The number of hydrogen-bond acceptors (Lipinski definition) is 7. The number of aryl methyl sites for hydroxylation is 1. The number of hydrogen-bond donors (Lipinski definition) is 3. The van der Waals surface area contributed by atoms with Crippen LogP contribution >= 0.6 is 0 Å². The lowest BCUT2D eigenvalue weighted by Crippen LogP contribution is -2.32. The summed E-state index contributed by atoms with van der Waals surface area (Å²) in [7, 11) is 1.46. The fraction of sp³-hybridized carbons (Fsp3) is 0.143. The number of rotatable bonds is 11. The van der Waals surface area contributed by atoms with Gasteiger partial charge in [0.15, 0.2) is 18.1 Å². The number of carbonyl (C=O) groups excluding carboxylic acids is 3.